The van der Waals surface area contributed by atoms with Crippen molar-refractivity contribution in [1.29, 1.82) is 0 Å². The van der Waals surface area contributed by atoms with Crippen molar-refractivity contribution in [3.63, 3.8) is 0 Å². The molecule has 7 nitrogen and oxygen atoms in total. The molecule has 0 atom stereocenters. The number of amides is 1. The van der Waals surface area contributed by atoms with Crippen LogP contribution in [0, 0.1) is 6.92 Å². The summed E-state index contributed by atoms with van der Waals surface area (Å²) >= 11 is 0. The van der Waals surface area contributed by atoms with Crippen molar-refractivity contribution in [2.24, 2.45) is 7.05 Å². The smallest absolute Gasteiger partial charge is 0.253 e. The second-order valence-electron chi connectivity index (χ2n) is 4.84. The van der Waals surface area contributed by atoms with Crippen LogP contribution in [0.2, 0.25) is 0 Å². The first-order chi connectivity index (χ1) is 10.6. The first-order valence-corrected chi connectivity index (χ1v) is 6.79. The molecule has 3 aromatic heterocycles. The highest BCUT2D eigenvalue weighted by Crippen LogP contribution is 2.15. The summed E-state index contributed by atoms with van der Waals surface area (Å²) in [6.45, 7) is 1.96. The molecule has 1 N–H and O–H groups in total. The third-order valence-electron chi connectivity index (χ3n) is 3.29. The molecule has 0 unspecified atom stereocenters. The summed E-state index contributed by atoms with van der Waals surface area (Å²) in [7, 11) is 1.90. The van der Waals surface area contributed by atoms with Gasteiger partial charge in [0, 0.05) is 25.1 Å². The van der Waals surface area contributed by atoms with Crippen LogP contribution in [0.25, 0.3) is 11.5 Å². The van der Waals surface area contributed by atoms with E-state index in [1.54, 1.807) is 25.3 Å². The zero-order chi connectivity index (χ0) is 15.5. The molecule has 3 aromatic rings. The third-order valence-corrected chi connectivity index (χ3v) is 3.29. The van der Waals surface area contributed by atoms with Crippen molar-refractivity contribution in [3.8, 4) is 11.5 Å². The molecule has 0 radical (unpaired) electrons. The molecular formula is C15H15N5O2. The van der Waals surface area contributed by atoms with Gasteiger partial charge in [-0.25, -0.2) is 0 Å². The number of nitrogens with zero attached hydrogens (tertiary/aromatic N) is 4. The maximum Gasteiger partial charge on any atom is 0.253 e. The fraction of sp³-hybridized carbons (Fsp3) is 0.200. The predicted octanol–water partition coefficient (Wildman–Crippen LogP) is 1.71. The second kappa shape index (κ2) is 5.80. The molecular weight excluding hydrogens is 282 g/mol. The van der Waals surface area contributed by atoms with Crippen LogP contribution >= 0.6 is 0 Å². The number of carbonyl (C=O) groups excluding carboxylic acids is 1. The molecule has 0 aromatic carbocycles. The van der Waals surface area contributed by atoms with E-state index >= 15 is 0 Å². The molecule has 0 saturated heterocycles. The van der Waals surface area contributed by atoms with Crippen LogP contribution < -0.4 is 5.32 Å². The Labute approximate surface area is 127 Å². The van der Waals surface area contributed by atoms with E-state index < -0.39 is 0 Å². The minimum absolute atomic E-state index is 0.171. The summed E-state index contributed by atoms with van der Waals surface area (Å²) in [4.78, 5) is 20.4. The zero-order valence-electron chi connectivity index (χ0n) is 12.3. The van der Waals surface area contributed by atoms with Gasteiger partial charge in [-0.1, -0.05) is 5.16 Å². The average Bonchev–Trinajstić information content (AvgIpc) is 3.13. The van der Waals surface area contributed by atoms with Gasteiger partial charge in [-0.2, -0.15) is 4.98 Å². The van der Waals surface area contributed by atoms with E-state index in [4.69, 9.17) is 4.52 Å². The molecule has 0 aliphatic rings. The highest BCUT2D eigenvalue weighted by atomic mass is 16.5. The molecule has 0 fully saturated rings. The van der Waals surface area contributed by atoms with Gasteiger partial charge in [-0.05, 0) is 31.2 Å². The summed E-state index contributed by atoms with van der Waals surface area (Å²) in [5, 5.41) is 6.66. The molecule has 0 aliphatic carbocycles. The lowest BCUT2D eigenvalue weighted by atomic mass is 10.2. The van der Waals surface area contributed by atoms with Gasteiger partial charge in [0.2, 0.25) is 11.7 Å². The number of aromatic nitrogens is 4. The molecule has 1 amide bonds. The number of pyridine rings is 1. The Hall–Kier alpha value is -2.96. The van der Waals surface area contributed by atoms with Crippen molar-refractivity contribution in [3.05, 3.63) is 53.8 Å². The van der Waals surface area contributed by atoms with Crippen molar-refractivity contribution in [2.45, 2.75) is 13.5 Å². The predicted molar refractivity (Wildman–Crippen MR) is 78.8 cm³/mol. The van der Waals surface area contributed by atoms with E-state index in [2.05, 4.69) is 20.4 Å². The molecule has 22 heavy (non-hydrogen) atoms. The Bertz CT molecular complexity index is 806. The van der Waals surface area contributed by atoms with Crippen molar-refractivity contribution in [2.75, 3.05) is 0 Å². The largest absolute Gasteiger partial charge is 0.348 e. The van der Waals surface area contributed by atoms with Crippen LogP contribution in [-0.4, -0.2) is 25.6 Å². The van der Waals surface area contributed by atoms with E-state index in [1.807, 2.05) is 29.9 Å². The SMILES string of the molecule is Cc1ncccc1C(=O)NCc1nc(-c2cccn2C)no1. The molecule has 3 rings (SSSR count). The van der Waals surface area contributed by atoms with E-state index in [0.717, 1.165) is 5.69 Å². The Balaban J connectivity index is 1.68. The third kappa shape index (κ3) is 2.73. The van der Waals surface area contributed by atoms with Gasteiger partial charge in [-0.3, -0.25) is 9.78 Å². The number of nitrogens with one attached hydrogen (secondary N) is 1. The Morgan fingerprint density at radius 3 is 2.95 bits per heavy atom. The maximum absolute atomic E-state index is 12.1. The second-order valence-corrected chi connectivity index (χ2v) is 4.84. The summed E-state index contributed by atoms with van der Waals surface area (Å²) < 4.78 is 7.05. The van der Waals surface area contributed by atoms with E-state index in [9.17, 15) is 4.79 Å². The number of aryl methyl sites for hydroxylation is 2. The summed E-state index contributed by atoms with van der Waals surface area (Å²) in [5.74, 6) is 0.629. The normalized spacial score (nSPS) is 10.6. The highest BCUT2D eigenvalue weighted by molar-refractivity contribution is 5.95. The van der Waals surface area contributed by atoms with Gasteiger partial charge >= 0.3 is 0 Å². The lowest BCUT2D eigenvalue weighted by Crippen LogP contribution is -2.24. The van der Waals surface area contributed by atoms with Crippen LogP contribution in [-0.2, 0) is 13.6 Å². The number of hydrogen-bond donors (Lipinski definition) is 1. The topological polar surface area (TPSA) is 85.8 Å². The standard InChI is InChI=1S/C15H15N5O2/c1-10-11(5-3-7-16-10)15(21)17-9-13-18-14(19-22-13)12-6-4-8-20(12)2/h3-8H,9H2,1-2H3,(H,17,21). The van der Waals surface area contributed by atoms with E-state index in [1.165, 1.54) is 0 Å². The van der Waals surface area contributed by atoms with Crippen molar-refractivity contribution < 1.29 is 9.32 Å². The number of rotatable bonds is 4. The molecule has 3 heterocycles. The van der Waals surface area contributed by atoms with Gasteiger partial charge < -0.3 is 14.4 Å². The summed E-state index contributed by atoms with van der Waals surface area (Å²) in [5.41, 5.74) is 2.06. The first-order valence-electron chi connectivity index (χ1n) is 6.79. The van der Waals surface area contributed by atoms with Gasteiger partial charge in [0.25, 0.3) is 5.91 Å². The van der Waals surface area contributed by atoms with Gasteiger partial charge in [-0.15, -0.1) is 0 Å². The molecule has 0 spiro atoms. The molecule has 0 bridgehead atoms. The molecule has 0 saturated carbocycles. The molecule has 0 aliphatic heterocycles. The minimum atomic E-state index is -0.218. The van der Waals surface area contributed by atoms with E-state index in [0.29, 0.717) is 23.0 Å². The van der Waals surface area contributed by atoms with Crippen molar-refractivity contribution in [1.82, 2.24) is 25.0 Å². The molecule has 7 heteroatoms. The zero-order valence-corrected chi connectivity index (χ0v) is 12.3. The average molecular weight is 297 g/mol. The van der Waals surface area contributed by atoms with Gasteiger partial charge in [0.05, 0.1) is 17.8 Å². The van der Waals surface area contributed by atoms with Crippen molar-refractivity contribution >= 4 is 5.91 Å². The van der Waals surface area contributed by atoms with Crippen LogP contribution in [0.15, 0.2) is 41.2 Å². The Morgan fingerprint density at radius 1 is 1.36 bits per heavy atom. The summed E-state index contributed by atoms with van der Waals surface area (Å²) in [6, 6.07) is 7.24. The van der Waals surface area contributed by atoms with Crippen LogP contribution in [0.5, 0.6) is 0 Å². The fourth-order valence-electron chi connectivity index (χ4n) is 2.10. The van der Waals surface area contributed by atoms with Crippen LogP contribution in [0.1, 0.15) is 21.9 Å². The van der Waals surface area contributed by atoms with Gasteiger partial charge in [0.15, 0.2) is 0 Å². The lowest BCUT2D eigenvalue weighted by Gasteiger charge is -2.04. The van der Waals surface area contributed by atoms with Crippen LogP contribution in [0.3, 0.4) is 0 Å². The highest BCUT2D eigenvalue weighted by Gasteiger charge is 2.13. The molecule has 112 valence electrons. The van der Waals surface area contributed by atoms with Gasteiger partial charge in [0.1, 0.15) is 0 Å². The monoisotopic (exact) mass is 297 g/mol. The van der Waals surface area contributed by atoms with Crippen LogP contribution in [0.4, 0.5) is 0 Å². The lowest BCUT2D eigenvalue weighted by molar-refractivity contribution is 0.0945. The minimum Gasteiger partial charge on any atom is -0.348 e. The van der Waals surface area contributed by atoms with E-state index in [-0.39, 0.29) is 12.5 Å². The number of carbonyl (C=O) groups is 1. The summed E-state index contributed by atoms with van der Waals surface area (Å²) in [6.07, 6.45) is 3.55. The quantitative estimate of drug-likeness (QED) is 0.792. The fourth-order valence-corrected chi connectivity index (χ4v) is 2.10. The number of hydrogen-bond acceptors (Lipinski definition) is 5. The maximum atomic E-state index is 12.1. The first kappa shape index (κ1) is 14.0. The Kier molecular flexibility index (Phi) is 3.69. The Morgan fingerprint density at radius 2 is 2.23 bits per heavy atom.